The highest BCUT2D eigenvalue weighted by atomic mass is 32.2. The molecule has 1 amide bonds. The third-order valence-corrected chi connectivity index (χ3v) is 4.64. The van der Waals surface area contributed by atoms with Crippen LogP contribution in [0.2, 0.25) is 0 Å². The summed E-state index contributed by atoms with van der Waals surface area (Å²) < 4.78 is 22.0. The Morgan fingerprint density at radius 2 is 2.16 bits per heavy atom. The molecule has 1 aromatic heterocycles. The molecule has 1 unspecified atom stereocenters. The van der Waals surface area contributed by atoms with Gasteiger partial charge >= 0.3 is 5.97 Å². The smallest absolute Gasteiger partial charge is 0.303 e. The quantitative estimate of drug-likeness (QED) is 0.693. The van der Waals surface area contributed by atoms with Gasteiger partial charge in [0.15, 0.2) is 0 Å². The summed E-state index contributed by atoms with van der Waals surface area (Å²) in [5, 5.41) is 17.4. The fourth-order valence-electron chi connectivity index (χ4n) is 1.32. The first-order chi connectivity index (χ1) is 8.70. The van der Waals surface area contributed by atoms with Gasteiger partial charge in [-0.2, -0.15) is 0 Å². The first-order valence-corrected chi connectivity index (χ1v) is 7.74. The number of primary sulfonamides is 1. The second kappa shape index (κ2) is 6.13. The van der Waals surface area contributed by atoms with Crippen LogP contribution in [-0.4, -0.2) is 31.9 Å². The number of nitrogens with two attached hydrogens (primary N) is 1. The number of carbonyl (C=O) groups excluding carboxylic acids is 1. The summed E-state index contributed by atoms with van der Waals surface area (Å²) in [5.41, 5.74) is 0.191. The standard InChI is InChI=1S/C10H14N2O5S2/c1-6(2-8(13)14)4-12-10(15)7-3-9(18-5-7)19(11,16)17/h3,5-6H,2,4H2,1H3,(H,12,15)(H,13,14)(H2,11,16,17). The van der Waals surface area contributed by atoms with Crippen LogP contribution in [0.25, 0.3) is 0 Å². The van der Waals surface area contributed by atoms with Gasteiger partial charge in [-0.1, -0.05) is 6.92 Å². The van der Waals surface area contributed by atoms with Crippen LogP contribution < -0.4 is 10.5 Å². The molecule has 0 aliphatic heterocycles. The highest BCUT2D eigenvalue weighted by Crippen LogP contribution is 2.18. The third-order valence-electron chi connectivity index (χ3n) is 2.25. The lowest BCUT2D eigenvalue weighted by Crippen LogP contribution is -2.28. The molecule has 4 N–H and O–H groups in total. The molecule has 0 radical (unpaired) electrons. The Balaban J connectivity index is 2.60. The molecule has 1 aromatic rings. The summed E-state index contributed by atoms with van der Waals surface area (Å²) in [6.45, 7) is 1.89. The average molecular weight is 306 g/mol. The van der Waals surface area contributed by atoms with Crippen molar-refractivity contribution in [2.75, 3.05) is 6.54 Å². The number of hydrogen-bond donors (Lipinski definition) is 3. The van der Waals surface area contributed by atoms with Gasteiger partial charge in [-0.15, -0.1) is 11.3 Å². The van der Waals surface area contributed by atoms with E-state index in [1.54, 1.807) is 6.92 Å². The van der Waals surface area contributed by atoms with Crippen LogP contribution in [0.1, 0.15) is 23.7 Å². The van der Waals surface area contributed by atoms with Crippen molar-refractivity contribution >= 4 is 33.2 Å². The van der Waals surface area contributed by atoms with Crippen molar-refractivity contribution in [1.29, 1.82) is 0 Å². The molecule has 1 heterocycles. The van der Waals surface area contributed by atoms with Crippen molar-refractivity contribution in [1.82, 2.24) is 5.32 Å². The zero-order chi connectivity index (χ0) is 14.6. The number of amides is 1. The SMILES string of the molecule is CC(CNC(=O)c1csc(S(N)(=O)=O)c1)CC(=O)O. The first-order valence-electron chi connectivity index (χ1n) is 5.31. The maximum Gasteiger partial charge on any atom is 0.303 e. The Bertz CT molecular complexity index is 578. The number of thiophene rings is 1. The second-order valence-electron chi connectivity index (χ2n) is 4.11. The Labute approximate surface area is 114 Å². The van der Waals surface area contributed by atoms with Gasteiger partial charge < -0.3 is 10.4 Å². The number of carbonyl (C=O) groups is 2. The number of rotatable bonds is 6. The number of hydrogen-bond acceptors (Lipinski definition) is 5. The molecule has 0 aliphatic carbocycles. The van der Waals surface area contributed by atoms with Gasteiger partial charge in [-0.3, -0.25) is 9.59 Å². The van der Waals surface area contributed by atoms with E-state index in [2.05, 4.69) is 5.32 Å². The van der Waals surface area contributed by atoms with Crippen LogP contribution >= 0.6 is 11.3 Å². The monoisotopic (exact) mass is 306 g/mol. The molecule has 0 bridgehead atoms. The van der Waals surface area contributed by atoms with E-state index in [-0.39, 0.29) is 28.7 Å². The maximum atomic E-state index is 11.7. The zero-order valence-electron chi connectivity index (χ0n) is 10.1. The molecule has 19 heavy (non-hydrogen) atoms. The summed E-state index contributed by atoms with van der Waals surface area (Å²) in [5.74, 6) is -1.60. The minimum Gasteiger partial charge on any atom is -0.481 e. The lowest BCUT2D eigenvalue weighted by atomic mass is 10.1. The summed E-state index contributed by atoms with van der Waals surface area (Å²) in [4.78, 5) is 22.1. The van der Waals surface area contributed by atoms with Crippen molar-refractivity contribution < 1.29 is 23.1 Å². The lowest BCUT2D eigenvalue weighted by Gasteiger charge is -2.09. The minimum absolute atomic E-state index is 0.0493. The maximum absolute atomic E-state index is 11.7. The van der Waals surface area contributed by atoms with E-state index in [0.29, 0.717) is 0 Å². The van der Waals surface area contributed by atoms with E-state index in [4.69, 9.17) is 10.2 Å². The third kappa shape index (κ3) is 4.97. The van der Waals surface area contributed by atoms with Gasteiger partial charge in [-0.25, -0.2) is 13.6 Å². The van der Waals surface area contributed by atoms with Crippen molar-refractivity contribution in [3.8, 4) is 0 Å². The number of nitrogens with one attached hydrogen (secondary N) is 1. The number of carboxylic acid groups (broad SMARTS) is 1. The highest BCUT2D eigenvalue weighted by molar-refractivity contribution is 7.91. The van der Waals surface area contributed by atoms with Gasteiger partial charge in [-0.05, 0) is 12.0 Å². The van der Waals surface area contributed by atoms with Crippen molar-refractivity contribution in [3.05, 3.63) is 17.0 Å². The van der Waals surface area contributed by atoms with E-state index in [9.17, 15) is 18.0 Å². The van der Waals surface area contributed by atoms with Crippen LogP contribution in [0.3, 0.4) is 0 Å². The Morgan fingerprint density at radius 1 is 1.53 bits per heavy atom. The average Bonchev–Trinajstić information content (AvgIpc) is 2.73. The molecule has 0 saturated heterocycles. The normalized spacial score (nSPS) is 12.9. The molecular formula is C10H14N2O5S2. The highest BCUT2D eigenvalue weighted by Gasteiger charge is 2.16. The van der Waals surface area contributed by atoms with Crippen LogP contribution in [0.15, 0.2) is 15.7 Å². The number of sulfonamides is 1. The molecule has 0 fully saturated rings. The molecule has 106 valence electrons. The second-order valence-corrected chi connectivity index (χ2v) is 6.81. The van der Waals surface area contributed by atoms with Gasteiger partial charge in [0, 0.05) is 18.3 Å². The largest absolute Gasteiger partial charge is 0.481 e. The van der Waals surface area contributed by atoms with Crippen molar-refractivity contribution in [2.45, 2.75) is 17.6 Å². The van der Waals surface area contributed by atoms with Crippen molar-refractivity contribution in [3.63, 3.8) is 0 Å². The minimum atomic E-state index is -3.80. The van der Waals surface area contributed by atoms with Crippen LogP contribution in [0.5, 0.6) is 0 Å². The van der Waals surface area contributed by atoms with Crippen molar-refractivity contribution in [2.24, 2.45) is 11.1 Å². The van der Waals surface area contributed by atoms with Crippen LogP contribution in [0.4, 0.5) is 0 Å². The summed E-state index contributed by atoms with van der Waals surface area (Å²) in [6, 6.07) is 1.19. The first kappa shape index (κ1) is 15.6. The fourth-order valence-corrected chi connectivity index (χ4v) is 2.91. The molecule has 7 nitrogen and oxygen atoms in total. The van der Waals surface area contributed by atoms with E-state index >= 15 is 0 Å². The van der Waals surface area contributed by atoms with Gasteiger partial charge in [0.2, 0.25) is 10.0 Å². The van der Waals surface area contributed by atoms with Gasteiger partial charge in [0.1, 0.15) is 4.21 Å². The topological polar surface area (TPSA) is 127 Å². The molecular weight excluding hydrogens is 292 g/mol. The molecule has 0 aliphatic rings. The summed E-state index contributed by atoms with van der Waals surface area (Å²) >= 11 is 0.862. The predicted octanol–water partition coefficient (Wildman–Crippen LogP) is 0.236. The molecule has 0 aromatic carbocycles. The Hall–Kier alpha value is -1.45. The van der Waals surface area contributed by atoms with Crippen LogP contribution in [0, 0.1) is 5.92 Å². The van der Waals surface area contributed by atoms with E-state index in [1.807, 2.05) is 0 Å². The molecule has 0 saturated carbocycles. The number of carboxylic acids is 1. The molecule has 0 spiro atoms. The fraction of sp³-hybridized carbons (Fsp3) is 0.400. The lowest BCUT2D eigenvalue weighted by molar-refractivity contribution is -0.137. The zero-order valence-corrected chi connectivity index (χ0v) is 11.8. The van der Waals surface area contributed by atoms with Gasteiger partial charge in [0.25, 0.3) is 5.91 Å². The van der Waals surface area contributed by atoms with Gasteiger partial charge in [0.05, 0.1) is 5.56 Å². The Kier molecular flexibility index (Phi) is 5.04. The van der Waals surface area contributed by atoms with E-state index in [1.165, 1.54) is 11.4 Å². The number of aliphatic carboxylic acids is 1. The summed E-state index contributed by atoms with van der Waals surface area (Å²) in [7, 11) is -3.80. The van der Waals surface area contributed by atoms with E-state index < -0.39 is 21.9 Å². The van der Waals surface area contributed by atoms with E-state index in [0.717, 1.165) is 11.3 Å². The summed E-state index contributed by atoms with van der Waals surface area (Å²) in [6.07, 6.45) is -0.0493. The van der Waals surface area contributed by atoms with Crippen LogP contribution in [-0.2, 0) is 14.8 Å². The Morgan fingerprint density at radius 3 is 2.63 bits per heavy atom. The molecule has 1 atom stereocenters. The predicted molar refractivity (Wildman–Crippen MR) is 69.4 cm³/mol. The molecule has 9 heteroatoms. The molecule has 1 rings (SSSR count).